The first-order valence-electron chi connectivity index (χ1n) is 5.99. The summed E-state index contributed by atoms with van der Waals surface area (Å²) >= 11 is 7.50. The number of methoxy groups -OCH3 is 1. The van der Waals surface area contributed by atoms with E-state index in [-0.39, 0.29) is 12.5 Å². The molecule has 0 saturated carbocycles. The van der Waals surface area contributed by atoms with Gasteiger partial charge in [-0.15, -0.1) is 0 Å². The summed E-state index contributed by atoms with van der Waals surface area (Å²) in [7, 11) is 1.31. The summed E-state index contributed by atoms with van der Waals surface area (Å²) in [6.07, 6.45) is 0.306. The van der Waals surface area contributed by atoms with Gasteiger partial charge in [0.2, 0.25) is 5.91 Å². The molecule has 2 rings (SSSR count). The minimum Gasteiger partial charge on any atom is -0.468 e. The zero-order chi connectivity index (χ0) is 14.7. The Morgan fingerprint density at radius 1 is 1.45 bits per heavy atom. The van der Waals surface area contributed by atoms with Crippen LogP contribution in [0.1, 0.15) is 13.3 Å². The molecule has 0 radical (unpaired) electrons. The molecular formula is C13H13ClN2O3S. The first-order valence-corrected chi connectivity index (χ1v) is 7.18. The summed E-state index contributed by atoms with van der Waals surface area (Å²) in [6, 6.07) is 5.42. The van der Waals surface area contributed by atoms with Crippen LogP contribution in [-0.2, 0) is 20.9 Å². The number of amides is 1. The number of hydrogen-bond donors (Lipinski definition) is 0. The van der Waals surface area contributed by atoms with Crippen LogP contribution < -0.4 is 4.80 Å². The number of aromatic nitrogens is 1. The number of para-hydroxylation sites is 1. The number of carbonyl (C=O) groups is 2. The predicted molar refractivity (Wildman–Crippen MR) is 77.7 cm³/mol. The standard InChI is InChI=1S/C13H13ClN2O3S/c1-3-10(17)15-13-16(7-11(18)19-2)12-8(14)5-4-6-9(12)20-13/h4-6H,3,7H2,1-2H3. The average Bonchev–Trinajstić information content (AvgIpc) is 2.77. The first kappa shape index (κ1) is 14.7. The fraction of sp³-hybridized carbons (Fsp3) is 0.308. The second kappa shape index (κ2) is 6.19. The zero-order valence-electron chi connectivity index (χ0n) is 11.1. The van der Waals surface area contributed by atoms with E-state index in [0.717, 1.165) is 4.70 Å². The molecule has 1 amide bonds. The molecule has 1 aromatic heterocycles. The molecule has 0 N–H and O–H groups in total. The number of nitrogens with zero attached hydrogens (tertiary/aromatic N) is 2. The molecule has 0 bridgehead atoms. The number of rotatable bonds is 3. The Bertz CT molecular complexity index is 733. The van der Waals surface area contributed by atoms with Crippen molar-refractivity contribution in [3.8, 4) is 0 Å². The van der Waals surface area contributed by atoms with Crippen molar-refractivity contribution in [3.63, 3.8) is 0 Å². The number of hydrogen-bond acceptors (Lipinski definition) is 4. The number of fused-ring (bicyclic) bond motifs is 1. The lowest BCUT2D eigenvalue weighted by molar-refractivity contribution is -0.141. The lowest BCUT2D eigenvalue weighted by atomic mass is 10.3. The monoisotopic (exact) mass is 312 g/mol. The second-order valence-electron chi connectivity index (χ2n) is 3.99. The minimum atomic E-state index is -0.421. The van der Waals surface area contributed by atoms with Gasteiger partial charge >= 0.3 is 5.97 Å². The highest BCUT2D eigenvalue weighted by Crippen LogP contribution is 2.25. The van der Waals surface area contributed by atoms with E-state index in [1.54, 1.807) is 17.6 Å². The fourth-order valence-corrected chi connectivity index (χ4v) is 3.10. The Morgan fingerprint density at radius 2 is 2.20 bits per heavy atom. The van der Waals surface area contributed by atoms with Crippen molar-refractivity contribution >= 4 is 45.0 Å². The van der Waals surface area contributed by atoms with Gasteiger partial charge in [0.15, 0.2) is 4.80 Å². The highest BCUT2D eigenvalue weighted by atomic mass is 35.5. The van der Waals surface area contributed by atoms with E-state index in [9.17, 15) is 9.59 Å². The zero-order valence-corrected chi connectivity index (χ0v) is 12.6. The lowest BCUT2D eigenvalue weighted by Gasteiger charge is -2.04. The second-order valence-corrected chi connectivity index (χ2v) is 5.41. The van der Waals surface area contributed by atoms with Crippen LogP contribution >= 0.6 is 22.9 Å². The van der Waals surface area contributed by atoms with Crippen molar-refractivity contribution in [1.29, 1.82) is 0 Å². The highest BCUT2D eigenvalue weighted by molar-refractivity contribution is 7.16. The maximum Gasteiger partial charge on any atom is 0.325 e. The molecule has 20 heavy (non-hydrogen) atoms. The number of carbonyl (C=O) groups excluding carboxylic acids is 2. The van der Waals surface area contributed by atoms with E-state index >= 15 is 0 Å². The van der Waals surface area contributed by atoms with Gasteiger partial charge in [0.05, 0.1) is 22.3 Å². The Morgan fingerprint density at radius 3 is 2.85 bits per heavy atom. The van der Waals surface area contributed by atoms with Crippen molar-refractivity contribution < 1.29 is 14.3 Å². The third kappa shape index (κ3) is 2.91. The Balaban J connectivity index is 2.70. The molecule has 1 heterocycles. The molecule has 7 heteroatoms. The number of esters is 1. The summed E-state index contributed by atoms with van der Waals surface area (Å²) in [5.41, 5.74) is 0.687. The normalized spacial score (nSPS) is 11.8. The van der Waals surface area contributed by atoms with Crippen LogP contribution in [0.25, 0.3) is 10.2 Å². The van der Waals surface area contributed by atoms with Gasteiger partial charge in [-0.1, -0.05) is 35.9 Å². The molecule has 0 fully saturated rings. The largest absolute Gasteiger partial charge is 0.468 e. The summed E-state index contributed by atoms with van der Waals surface area (Å²) < 4.78 is 7.15. The van der Waals surface area contributed by atoms with Crippen molar-refractivity contribution in [2.24, 2.45) is 4.99 Å². The van der Waals surface area contributed by atoms with Gasteiger partial charge in [-0.3, -0.25) is 9.59 Å². The lowest BCUT2D eigenvalue weighted by Crippen LogP contribution is -2.22. The van der Waals surface area contributed by atoms with Gasteiger partial charge in [-0.05, 0) is 12.1 Å². The molecule has 0 atom stereocenters. The summed E-state index contributed by atoms with van der Waals surface area (Å²) in [5.74, 6) is -0.665. The quantitative estimate of drug-likeness (QED) is 0.817. The van der Waals surface area contributed by atoms with Gasteiger partial charge < -0.3 is 9.30 Å². The van der Waals surface area contributed by atoms with E-state index in [0.29, 0.717) is 21.8 Å². The number of ether oxygens (including phenoxy) is 1. The van der Waals surface area contributed by atoms with Gasteiger partial charge in [0, 0.05) is 6.42 Å². The molecule has 2 aromatic rings. The van der Waals surface area contributed by atoms with Gasteiger partial charge in [0.1, 0.15) is 6.54 Å². The number of halogens is 1. The third-order valence-electron chi connectivity index (χ3n) is 2.69. The van der Waals surface area contributed by atoms with Crippen molar-refractivity contribution in [2.45, 2.75) is 19.9 Å². The third-order valence-corrected chi connectivity index (χ3v) is 4.04. The SMILES string of the molecule is CCC(=O)N=c1sc2cccc(Cl)c2n1CC(=O)OC. The van der Waals surface area contributed by atoms with Crippen LogP contribution in [0.15, 0.2) is 23.2 Å². The van der Waals surface area contributed by atoms with E-state index in [1.165, 1.54) is 18.4 Å². The maximum atomic E-state index is 11.5. The Hall–Kier alpha value is -1.66. The molecule has 5 nitrogen and oxygen atoms in total. The molecule has 0 saturated heterocycles. The van der Waals surface area contributed by atoms with Gasteiger partial charge in [-0.2, -0.15) is 4.99 Å². The van der Waals surface area contributed by atoms with Crippen LogP contribution in [-0.4, -0.2) is 23.6 Å². The molecule has 0 aliphatic rings. The molecule has 0 unspecified atom stereocenters. The fourth-order valence-electron chi connectivity index (χ4n) is 1.70. The van der Waals surface area contributed by atoms with E-state index in [2.05, 4.69) is 9.73 Å². The molecule has 0 aliphatic carbocycles. The molecule has 1 aromatic carbocycles. The molecule has 0 aliphatic heterocycles. The molecular weight excluding hydrogens is 300 g/mol. The van der Waals surface area contributed by atoms with E-state index in [1.807, 2.05) is 12.1 Å². The number of thiazole rings is 1. The topological polar surface area (TPSA) is 60.7 Å². The van der Waals surface area contributed by atoms with Gasteiger partial charge in [-0.25, -0.2) is 0 Å². The predicted octanol–water partition coefficient (Wildman–Crippen LogP) is 2.37. The van der Waals surface area contributed by atoms with Crippen molar-refractivity contribution in [3.05, 3.63) is 28.0 Å². The number of benzene rings is 1. The van der Waals surface area contributed by atoms with E-state index < -0.39 is 5.97 Å². The summed E-state index contributed by atoms with van der Waals surface area (Å²) in [6.45, 7) is 1.70. The van der Waals surface area contributed by atoms with Crippen LogP contribution in [0.2, 0.25) is 5.02 Å². The van der Waals surface area contributed by atoms with Crippen LogP contribution in [0, 0.1) is 0 Å². The van der Waals surface area contributed by atoms with Crippen LogP contribution in [0.3, 0.4) is 0 Å². The van der Waals surface area contributed by atoms with Crippen molar-refractivity contribution in [2.75, 3.05) is 7.11 Å². The van der Waals surface area contributed by atoms with E-state index in [4.69, 9.17) is 11.6 Å². The van der Waals surface area contributed by atoms with Crippen LogP contribution in [0.4, 0.5) is 0 Å². The summed E-state index contributed by atoms with van der Waals surface area (Å²) in [5, 5.41) is 0.507. The van der Waals surface area contributed by atoms with Crippen molar-refractivity contribution in [1.82, 2.24) is 4.57 Å². The Labute approximate surface area is 124 Å². The Kier molecular flexibility index (Phi) is 4.57. The molecule has 106 valence electrons. The minimum absolute atomic E-state index is 0.0317. The van der Waals surface area contributed by atoms with Gasteiger partial charge in [0.25, 0.3) is 0 Å². The molecule has 0 spiro atoms. The summed E-state index contributed by atoms with van der Waals surface area (Å²) in [4.78, 5) is 27.5. The highest BCUT2D eigenvalue weighted by Gasteiger charge is 2.13. The maximum absolute atomic E-state index is 11.5. The smallest absolute Gasteiger partial charge is 0.325 e. The first-order chi connectivity index (χ1) is 9.56. The van der Waals surface area contributed by atoms with Crippen LogP contribution in [0.5, 0.6) is 0 Å². The average molecular weight is 313 g/mol.